The summed E-state index contributed by atoms with van der Waals surface area (Å²) in [7, 11) is 1.63. The van der Waals surface area contributed by atoms with Crippen LogP contribution in [0.3, 0.4) is 0 Å². The molecule has 3 atom stereocenters. The minimum atomic E-state index is -0.272. The summed E-state index contributed by atoms with van der Waals surface area (Å²) in [5, 5.41) is 0. The first kappa shape index (κ1) is 15.1. The number of ether oxygens (including phenoxy) is 3. The Labute approximate surface area is 141 Å². The molecule has 1 fully saturated rings. The fourth-order valence-electron chi connectivity index (χ4n) is 3.37. The number of cyclic esters (lactones) is 1. The van der Waals surface area contributed by atoms with Gasteiger partial charge in [0.15, 0.2) is 11.5 Å². The van der Waals surface area contributed by atoms with E-state index in [0.29, 0.717) is 11.7 Å². The van der Waals surface area contributed by atoms with E-state index in [1.165, 1.54) is 5.56 Å². The van der Waals surface area contributed by atoms with Gasteiger partial charge in [-0.15, -0.1) is 0 Å². The average molecular weight is 324 g/mol. The largest absolute Gasteiger partial charge is 0.493 e. The van der Waals surface area contributed by atoms with Crippen LogP contribution >= 0.6 is 0 Å². The van der Waals surface area contributed by atoms with Crippen LogP contribution in [0, 0.1) is 0 Å². The van der Waals surface area contributed by atoms with Gasteiger partial charge in [-0.3, -0.25) is 4.79 Å². The Kier molecular flexibility index (Phi) is 3.68. The predicted molar refractivity (Wildman–Crippen MR) is 89.4 cm³/mol. The molecule has 4 nitrogen and oxygen atoms in total. The molecule has 1 aliphatic carbocycles. The Morgan fingerprint density at radius 2 is 1.92 bits per heavy atom. The second-order valence-electron chi connectivity index (χ2n) is 6.40. The van der Waals surface area contributed by atoms with Crippen LogP contribution in [0.4, 0.5) is 0 Å². The molecule has 0 spiro atoms. The van der Waals surface area contributed by atoms with Crippen LogP contribution in [0.15, 0.2) is 42.5 Å². The Morgan fingerprint density at radius 1 is 1.12 bits per heavy atom. The van der Waals surface area contributed by atoms with Gasteiger partial charge in [0.25, 0.3) is 0 Å². The van der Waals surface area contributed by atoms with Crippen molar-refractivity contribution in [3.63, 3.8) is 0 Å². The number of rotatable bonds is 4. The van der Waals surface area contributed by atoms with Crippen molar-refractivity contribution >= 4 is 5.97 Å². The van der Waals surface area contributed by atoms with Gasteiger partial charge < -0.3 is 14.2 Å². The van der Waals surface area contributed by atoms with Crippen molar-refractivity contribution in [3.8, 4) is 11.5 Å². The van der Waals surface area contributed by atoms with Gasteiger partial charge >= 0.3 is 5.97 Å². The zero-order chi connectivity index (χ0) is 16.7. The number of hydrogen-bond acceptors (Lipinski definition) is 4. The van der Waals surface area contributed by atoms with E-state index >= 15 is 0 Å². The topological polar surface area (TPSA) is 44.8 Å². The first-order valence-electron chi connectivity index (χ1n) is 8.27. The highest BCUT2D eigenvalue weighted by atomic mass is 16.5. The fraction of sp³-hybridized carbons (Fsp3) is 0.350. The van der Waals surface area contributed by atoms with E-state index in [-0.39, 0.29) is 24.6 Å². The van der Waals surface area contributed by atoms with Crippen LogP contribution in [0.5, 0.6) is 11.5 Å². The smallest absolute Gasteiger partial charge is 0.313 e. The van der Waals surface area contributed by atoms with Crippen molar-refractivity contribution in [1.29, 1.82) is 0 Å². The van der Waals surface area contributed by atoms with E-state index in [2.05, 4.69) is 24.3 Å². The first-order valence-corrected chi connectivity index (χ1v) is 8.27. The summed E-state index contributed by atoms with van der Waals surface area (Å²) in [4.78, 5) is 11.8. The number of hydrogen-bond donors (Lipinski definition) is 0. The number of carbonyl (C=O) groups is 1. The molecular weight excluding hydrogens is 304 g/mol. The standard InChI is InChI=1S/C20H20O4/c1-12-14-8-9-17(22-2)19(16(14)11-23-20(12)21)24-18-10-15(18)13-6-4-3-5-7-13/h3-9,12,15,18H,10-11H2,1-2H3. The summed E-state index contributed by atoms with van der Waals surface area (Å²) in [5.74, 6) is 1.36. The van der Waals surface area contributed by atoms with Crippen LogP contribution in [-0.2, 0) is 16.1 Å². The highest BCUT2D eigenvalue weighted by Gasteiger charge is 2.42. The van der Waals surface area contributed by atoms with Crippen LogP contribution in [0.25, 0.3) is 0 Å². The van der Waals surface area contributed by atoms with Crippen LogP contribution in [0.1, 0.15) is 41.9 Å². The molecule has 124 valence electrons. The maximum Gasteiger partial charge on any atom is 0.313 e. The maximum absolute atomic E-state index is 11.8. The summed E-state index contributed by atoms with van der Waals surface area (Å²) in [6.07, 6.45) is 1.13. The second-order valence-corrected chi connectivity index (χ2v) is 6.40. The molecule has 0 saturated heterocycles. The fourth-order valence-corrected chi connectivity index (χ4v) is 3.37. The average Bonchev–Trinajstić information content (AvgIpc) is 3.38. The summed E-state index contributed by atoms with van der Waals surface area (Å²) < 4.78 is 17.1. The molecule has 2 aromatic rings. The predicted octanol–water partition coefficient (Wildman–Crippen LogP) is 3.79. The summed E-state index contributed by atoms with van der Waals surface area (Å²) >= 11 is 0. The lowest BCUT2D eigenvalue weighted by Gasteiger charge is -2.25. The zero-order valence-corrected chi connectivity index (χ0v) is 13.8. The normalized spacial score (nSPS) is 24.8. The van der Waals surface area contributed by atoms with Gasteiger partial charge in [0.05, 0.1) is 13.0 Å². The van der Waals surface area contributed by atoms with E-state index in [1.807, 2.05) is 25.1 Å². The zero-order valence-electron chi connectivity index (χ0n) is 13.8. The third-order valence-electron chi connectivity index (χ3n) is 4.89. The Hall–Kier alpha value is -2.49. The monoisotopic (exact) mass is 324 g/mol. The second kappa shape index (κ2) is 5.86. The third-order valence-corrected chi connectivity index (χ3v) is 4.89. The molecule has 2 aliphatic rings. The van der Waals surface area contributed by atoms with E-state index in [1.54, 1.807) is 7.11 Å². The minimum Gasteiger partial charge on any atom is -0.493 e. The highest BCUT2D eigenvalue weighted by Crippen LogP contribution is 2.47. The molecule has 3 unspecified atom stereocenters. The summed E-state index contributed by atoms with van der Waals surface area (Å²) in [5.41, 5.74) is 3.20. The van der Waals surface area contributed by atoms with E-state index in [9.17, 15) is 4.79 Å². The van der Waals surface area contributed by atoms with E-state index in [0.717, 1.165) is 23.3 Å². The lowest BCUT2D eigenvalue weighted by atomic mass is 9.93. The van der Waals surface area contributed by atoms with Crippen molar-refractivity contribution in [2.45, 2.75) is 37.9 Å². The molecule has 0 aromatic heterocycles. The number of fused-ring (bicyclic) bond motifs is 1. The maximum atomic E-state index is 11.8. The molecule has 0 N–H and O–H groups in total. The van der Waals surface area contributed by atoms with Gasteiger partial charge in [-0.2, -0.15) is 0 Å². The SMILES string of the molecule is COc1ccc2c(c1OC1CC1c1ccccc1)COC(=O)C2C. The van der Waals surface area contributed by atoms with Gasteiger partial charge in [-0.25, -0.2) is 0 Å². The Bertz CT molecular complexity index is 769. The number of benzene rings is 2. The molecule has 2 aromatic carbocycles. The minimum absolute atomic E-state index is 0.140. The highest BCUT2D eigenvalue weighted by molar-refractivity contribution is 5.80. The van der Waals surface area contributed by atoms with Crippen LogP contribution in [-0.4, -0.2) is 19.2 Å². The summed E-state index contributed by atoms with van der Waals surface area (Å²) in [6.45, 7) is 2.11. The van der Waals surface area contributed by atoms with E-state index < -0.39 is 0 Å². The Balaban J connectivity index is 1.62. The van der Waals surface area contributed by atoms with E-state index in [4.69, 9.17) is 14.2 Å². The first-order chi connectivity index (χ1) is 11.7. The van der Waals surface area contributed by atoms with Gasteiger partial charge in [0, 0.05) is 11.5 Å². The van der Waals surface area contributed by atoms with Crippen molar-refractivity contribution in [2.75, 3.05) is 7.11 Å². The number of esters is 1. The quantitative estimate of drug-likeness (QED) is 0.803. The molecule has 1 saturated carbocycles. The number of carbonyl (C=O) groups excluding carboxylic acids is 1. The van der Waals surface area contributed by atoms with Crippen LogP contribution < -0.4 is 9.47 Å². The summed E-state index contributed by atoms with van der Waals surface area (Å²) in [6, 6.07) is 14.2. The Morgan fingerprint density at radius 3 is 2.67 bits per heavy atom. The van der Waals surface area contributed by atoms with Crippen molar-refractivity contribution < 1.29 is 19.0 Å². The molecule has 4 heteroatoms. The number of methoxy groups -OCH3 is 1. The third kappa shape index (κ3) is 2.52. The molecular formula is C20H20O4. The molecule has 24 heavy (non-hydrogen) atoms. The lowest BCUT2D eigenvalue weighted by Crippen LogP contribution is -2.22. The van der Waals surface area contributed by atoms with Crippen molar-refractivity contribution in [3.05, 3.63) is 59.2 Å². The molecule has 4 rings (SSSR count). The van der Waals surface area contributed by atoms with Crippen LogP contribution in [0.2, 0.25) is 0 Å². The lowest BCUT2D eigenvalue weighted by molar-refractivity contribution is -0.147. The van der Waals surface area contributed by atoms with Gasteiger partial charge in [0.2, 0.25) is 0 Å². The van der Waals surface area contributed by atoms with Gasteiger partial charge in [-0.05, 0) is 30.5 Å². The molecule has 1 aliphatic heterocycles. The molecule has 0 bridgehead atoms. The molecule has 0 amide bonds. The van der Waals surface area contributed by atoms with Gasteiger partial charge in [-0.1, -0.05) is 36.4 Å². The van der Waals surface area contributed by atoms with Crippen molar-refractivity contribution in [2.24, 2.45) is 0 Å². The van der Waals surface area contributed by atoms with Gasteiger partial charge in [0.1, 0.15) is 12.7 Å². The molecule has 1 heterocycles. The molecule has 0 radical (unpaired) electrons. The van der Waals surface area contributed by atoms with Crippen molar-refractivity contribution in [1.82, 2.24) is 0 Å².